The number of amides is 1. The molecule has 0 saturated heterocycles. The van der Waals surface area contributed by atoms with Crippen LogP contribution in [0.15, 0.2) is 59.5 Å². The number of nitrogens with two attached hydrogens (primary N) is 1. The van der Waals surface area contributed by atoms with Crippen LogP contribution in [-0.2, 0) is 19.1 Å². The van der Waals surface area contributed by atoms with Gasteiger partial charge in [0, 0.05) is 4.90 Å². The standard InChI is InChI=1S/C19H20N2O3S/c1-2-24-16(22)12-19(13-8-4-3-5-9-13)17(20)18(23)21-14-10-6-7-11-15(14)25-19/h3-11,17H,2,12,20H2,1H3,(H,21,23)/t17-,19-/m0/s1. The first kappa shape index (κ1) is 17.5. The SMILES string of the molecule is CCOC(=O)C[C@@]1(c2ccccc2)Sc2ccccc2NC(=O)[C@@H]1N. The lowest BCUT2D eigenvalue weighted by molar-refractivity contribution is -0.144. The number of nitrogens with one attached hydrogen (secondary N) is 1. The maximum Gasteiger partial charge on any atom is 0.307 e. The van der Waals surface area contributed by atoms with Crippen LogP contribution in [0.1, 0.15) is 18.9 Å². The summed E-state index contributed by atoms with van der Waals surface area (Å²) in [7, 11) is 0. The third-order valence-corrected chi connectivity index (χ3v) is 5.77. The molecule has 0 radical (unpaired) electrons. The zero-order chi connectivity index (χ0) is 17.9. The number of anilines is 1. The highest BCUT2D eigenvalue weighted by Crippen LogP contribution is 2.50. The van der Waals surface area contributed by atoms with Gasteiger partial charge in [-0.25, -0.2) is 0 Å². The number of carbonyl (C=O) groups excluding carboxylic acids is 2. The van der Waals surface area contributed by atoms with E-state index in [9.17, 15) is 9.59 Å². The lowest BCUT2D eigenvalue weighted by Crippen LogP contribution is -2.51. The van der Waals surface area contributed by atoms with E-state index in [1.54, 1.807) is 6.92 Å². The number of carbonyl (C=O) groups is 2. The minimum atomic E-state index is -0.940. The maximum absolute atomic E-state index is 12.7. The molecule has 0 spiro atoms. The summed E-state index contributed by atoms with van der Waals surface area (Å²) in [5, 5.41) is 2.87. The first-order chi connectivity index (χ1) is 12.1. The van der Waals surface area contributed by atoms with Gasteiger partial charge in [-0.1, -0.05) is 42.5 Å². The summed E-state index contributed by atoms with van der Waals surface area (Å²) >= 11 is 1.44. The molecular formula is C19H20N2O3S. The zero-order valence-electron chi connectivity index (χ0n) is 13.9. The first-order valence-corrected chi connectivity index (χ1v) is 8.94. The van der Waals surface area contributed by atoms with Crippen LogP contribution in [0.25, 0.3) is 0 Å². The number of fused-ring (bicyclic) bond motifs is 1. The van der Waals surface area contributed by atoms with Crippen molar-refractivity contribution >= 4 is 29.3 Å². The van der Waals surface area contributed by atoms with Crippen molar-refractivity contribution in [3.63, 3.8) is 0 Å². The molecule has 1 aliphatic rings. The molecule has 5 nitrogen and oxygen atoms in total. The van der Waals surface area contributed by atoms with E-state index in [2.05, 4.69) is 5.32 Å². The Hall–Kier alpha value is -2.31. The molecule has 0 aliphatic carbocycles. The fourth-order valence-electron chi connectivity index (χ4n) is 2.97. The summed E-state index contributed by atoms with van der Waals surface area (Å²) in [6.45, 7) is 2.04. The van der Waals surface area contributed by atoms with Gasteiger partial charge in [0.2, 0.25) is 5.91 Å². The second-order valence-electron chi connectivity index (χ2n) is 5.80. The van der Waals surface area contributed by atoms with E-state index >= 15 is 0 Å². The van der Waals surface area contributed by atoms with E-state index in [4.69, 9.17) is 10.5 Å². The average molecular weight is 356 g/mol. The smallest absolute Gasteiger partial charge is 0.307 e. The number of esters is 1. The molecule has 0 bridgehead atoms. The number of hydrogen-bond donors (Lipinski definition) is 2. The highest BCUT2D eigenvalue weighted by Gasteiger charge is 2.47. The van der Waals surface area contributed by atoms with Gasteiger partial charge >= 0.3 is 5.97 Å². The fourth-order valence-corrected chi connectivity index (χ4v) is 4.42. The molecule has 0 aromatic heterocycles. The quantitative estimate of drug-likeness (QED) is 0.823. The largest absolute Gasteiger partial charge is 0.466 e. The van der Waals surface area contributed by atoms with Crippen molar-refractivity contribution < 1.29 is 14.3 Å². The van der Waals surface area contributed by atoms with Crippen LogP contribution in [0, 0.1) is 0 Å². The van der Waals surface area contributed by atoms with E-state index in [-0.39, 0.29) is 24.9 Å². The monoisotopic (exact) mass is 356 g/mol. The van der Waals surface area contributed by atoms with Crippen molar-refractivity contribution in [1.29, 1.82) is 0 Å². The Labute approximate surface area is 150 Å². The van der Waals surface area contributed by atoms with Gasteiger partial charge in [-0.2, -0.15) is 0 Å². The lowest BCUT2D eigenvalue weighted by atomic mass is 9.87. The van der Waals surface area contributed by atoms with Crippen LogP contribution in [0.5, 0.6) is 0 Å². The number of para-hydroxylation sites is 1. The number of hydrogen-bond acceptors (Lipinski definition) is 5. The van der Waals surface area contributed by atoms with Gasteiger partial charge in [0.15, 0.2) is 0 Å². The van der Waals surface area contributed by atoms with Crippen LogP contribution >= 0.6 is 11.8 Å². The number of thioether (sulfide) groups is 1. The summed E-state index contributed by atoms with van der Waals surface area (Å²) in [6.07, 6.45) is 0.0123. The van der Waals surface area contributed by atoms with Gasteiger partial charge < -0.3 is 15.8 Å². The third kappa shape index (κ3) is 3.41. The topological polar surface area (TPSA) is 81.4 Å². The Morgan fingerprint density at radius 3 is 2.60 bits per heavy atom. The molecule has 25 heavy (non-hydrogen) atoms. The summed E-state index contributed by atoms with van der Waals surface area (Å²) in [6, 6.07) is 16.0. The van der Waals surface area contributed by atoms with Crippen LogP contribution in [0.3, 0.4) is 0 Å². The Morgan fingerprint density at radius 1 is 1.20 bits per heavy atom. The Bertz CT molecular complexity index is 781. The second-order valence-corrected chi connectivity index (χ2v) is 7.17. The van der Waals surface area contributed by atoms with E-state index in [1.807, 2.05) is 54.6 Å². The molecule has 1 aliphatic heterocycles. The van der Waals surface area contributed by atoms with Gasteiger partial charge in [-0.3, -0.25) is 9.59 Å². The molecular weight excluding hydrogens is 336 g/mol. The molecule has 130 valence electrons. The van der Waals surface area contributed by atoms with Crippen LogP contribution in [0.2, 0.25) is 0 Å². The zero-order valence-corrected chi connectivity index (χ0v) is 14.7. The van der Waals surface area contributed by atoms with Gasteiger partial charge in [0.25, 0.3) is 0 Å². The molecule has 3 rings (SSSR count). The maximum atomic E-state index is 12.7. The van der Waals surface area contributed by atoms with Crippen molar-refractivity contribution in [2.75, 3.05) is 11.9 Å². The van der Waals surface area contributed by atoms with Crippen molar-refractivity contribution in [3.05, 3.63) is 60.2 Å². The molecule has 6 heteroatoms. The molecule has 0 fully saturated rings. The molecule has 2 atom stereocenters. The molecule has 0 unspecified atom stereocenters. The molecule has 2 aromatic rings. The number of ether oxygens (including phenoxy) is 1. The lowest BCUT2D eigenvalue weighted by Gasteiger charge is -2.35. The van der Waals surface area contributed by atoms with Crippen LogP contribution < -0.4 is 11.1 Å². The summed E-state index contributed by atoms with van der Waals surface area (Å²) < 4.78 is 4.22. The Balaban J connectivity index is 2.14. The normalized spacial score (nSPS) is 22.5. The Morgan fingerprint density at radius 2 is 1.88 bits per heavy atom. The molecule has 3 N–H and O–H groups in total. The van der Waals surface area contributed by atoms with Crippen molar-refractivity contribution in [2.24, 2.45) is 5.73 Å². The second kappa shape index (κ2) is 7.29. The molecule has 0 saturated carbocycles. The van der Waals surface area contributed by atoms with Crippen LogP contribution in [0.4, 0.5) is 5.69 Å². The van der Waals surface area contributed by atoms with Crippen molar-refractivity contribution in [1.82, 2.24) is 0 Å². The number of rotatable bonds is 4. The number of benzene rings is 2. The van der Waals surface area contributed by atoms with Crippen molar-refractivity contribution in [2.45, 2.75) is 29.0 Å². The molecule has 1 heterocycles. The predicted molar refractivity (Wildman–Crippen MR) is 98.3 cm³/mol. The van der Waals surface area contributed by atoms with Gasteiger partial charge in [-0.05, 0) is 24.6 Å². The van der Waals surface area contributed by atoms with E-state index in [0.717, 1.165) is 10.5 Å². The van der Waals surface area contributed by atoms with E-state index in [0.29, 0.717) is 5.69 Å². The Kier molecular flexibility index (Phi) is 5.11. The molecule has 1 amide bonds. The fraction of sp³-hybridized carbons (Fsp3) is 0.263. The predicted octanol–water partition coefficient (Wildman–Crippen LogP) is 2.91. The summed E-state index contributed by atoms with van der Waals surface area (Å²) in [5.41, 5.74) is 7.90. The highest BCUT2D eigenvalue weighted by atomic mass is 32.2. The van der Waals surface area contributed by atoms with E-state index < -0.39 is 10.8 Å². The summed E-state index contributed by atoms with van der Waals surface area (Å²) in [5.74, 6) is -0.688. The summed E-state index contributed by atoms with van der Waals surface area (Å²) in [4.78, 5) is 25.9. The van der Waals surface area contributed by atoms with Gasteiger partial charge in [-0.15, -0.1) is 11.8 Å². The van der Waals surface area contributed by atoms with Crippen LogP contribution in [-0.4, -0.2) is 24.5 Å². The average Bonchev–Trinajstić information content (AvgIpc) is 2.72. The third-order valence-electron chi connectivity index (χ3n) is 4.20. The first-order valence-electron chi connectivity index (χ1n) is 8.12. The van der Waals surface area contributed by atoms with Gasteiger partial charge in [0.1, 0.15) is 6.04 Å². The minimum Gasteiger partial charge on any atom is -0.466 e. The highest BCUT2D eigenvalue weighted by molar-refractivity contribution is 8.00. The minimum absolute atomic E-state index is 0.0123. The molecule has 2 aromatic carbocycles. The van der Waals surface area contributed by atoms with Gasteiger partial charge in [0.05, 0.1) is 23.5 Å². The van der Waals surface area contributed by atoms with Crippen molar-refractivity contribution in [3.8, 4) is 0 Å². The van der Waals surface area contributed by atoms with E-state index in [1.165, 1.54) is 11.8 Å².